The van der Waals surface area contributed by atoms with E-state index in [1.807, 2.05) is 12.1 Å². The van der Waals surface area contributed by atoms with Crippen LogP contribution in [0.5, 0.6) is 11.5 Å². The Kier molecular flexibility index (Phi) is 4.12. The molecule has 6 heteroatoms. The molecule has 0 aromatic heterocycles. The van der Waals surface area contributed by atoms with Gasteiger partial charge in [0, 0.05) is 13.2 Å². The van der Waals surface area contributed by atoms with Gasteiger partial charge in [-0.25, -0.2) is 0 Å². The molecule has 0 aliphatic carbocycles. The van der Waals surface area contributed by atoms with E-state index in [-0.39, 0.29) is 18.8 Å². The topological polar surface area (TPSA) is 56.8 Å². The van der Waals surface area contributed by atoms with Gasteiger partial charge in [0.05, 0.1) is 17.0 Å². The number of amides is 1. The number of halogens is 1. The summed E-state index contributed by atoms with van der Waals surface area (Å²) in [5, 5.41) is 2.91. The predicted molar refractivity (Wildman–Crippen MR) is 75.7 cm³/mol. The normalized spacial score (nSPS) is 20.1. The molecule has 1 aromatic rings. The molecular weight excluding hydrogens is 326 g/mol. The number of rotatable bonds is 4. The lowest BCUT2D eigenvalue weighted by Gasteiger charge is -2.10. The molecule has 0 spiro atoms. The van der Waals surface area contributed by atoms with Gasteiger partial charge >= 0.3 is 0 Å². The van der Waals surface area contributed by atoms with Gasteiger partial charge in [0.1, 0.15) is 0 Å². The Labute approximate surface area is 125 Å². The second kappa shape index (κ2) is 6.01. The number of carbonyl (C=O) groups excluding carboxylic acids is 1. The van der Waals surface area contributed by atoms with Crippen LogP contribution >= 0.6 is 15.9 Å². The summed E-state index contributed by atoms with van der Waals surface area (Å²) in [6.45, 7) is 1.48. The maximum atomic E-state index is 11.8. The zero-order chi connectivity index (χ0) is 13.9. The summed E-state index contributed by atoms with van der Waals surface area (Å²) in [4.78, 5) is 11.8. The molecular formula is C14H16BrNO4. The van der Waals surface area contributed by atoms with E-state index in [0.717, 1.165) is 35.2 Å². The SMILES string of the molecule is O=C(C[C@H]1CCCO1)NCc1cc(Br)c2c(c1)OCO2. The minimum absolute atomic E-state index is 0.0192. The minimum Gasteiger partial charge on any atom is -0.454 e. The number of hydrogen-bond donors (Lipinski definition) is 1. The Hall–Kier alpha value is -1.27. The molecule has 0 unspecified atom stereocenters. The maximum Gasteiger partial charge on any atom is 0.231 e. The zero-order valence-electron chi connectivity index (χ0n) is 11.0. The van der Waals surface area contributed by atoms with Crippen molar-refractivity contribution in [3.05, 3.63) is 22.2 Å². The van der Waals surface area contributed by atoms with Crippen LogP contribution in [0.15, 0.2) is 16.6 Å². The van der Waals surface area contributed by atoms with Gasteiger partial charge in [0.25, 0.3) is 0 Å². The van der Waals surface area contributed by atoms with Crippen LogP contribution in [-0.2, 0) is 16.1 Å². The largest absolute Gasteiger partial charge is 0.454 e. The van der Waals surface area contributed by atoms with Crippen LogP contribution in [-0.4, -0.2) is 25.4 Å². The van der Waals surface area contributed by atoms with Crippen molar-refractivity contribution in [1.29, 1.82) is 0 Å². The zero-order valence-corrected chi connectivity index (χ0v) is 12.6. The van der Waals surface area contributed by atoms with E-state index in [2.05, 4.69) is 21.2 Å². The lowest BCUT2D eigenvalue weighted by Crippen LogP contribution is -2.26. The molecule has 0 radical (unpaired) electrons. The first-order valence-electron chi connectivity index (χ1n) is 6.68. The van der Waals surface area contributed by atoms with Crippen LogP contribution < -0.4 is 14.8 Å². The van der Waals surface area contributed by atoms with Gasteiger partial charge in [0.15, 0.2) is 11.5 Å². The van der Waals surface area contributed by atoms with Crippen LogP contribution in [0.25, 0.3) is 0 Å². The summed E-state index contributed by atoms with van der Waals surface area (Å²) in [5.41, 5.74) is 0.974. The Balaban J connectivity index is 1.55. The summed E-state index contributed by atoms with van der Waals surface area (Å²) in [6.07, 6.45) is 2.54. The Morgan fingerprint density at radius 3 is 3.10 bits per heavy atom. The molecule has 108 valence electrons. The first-order valence-corrected chi connectivity index (χ1v) is 7.48. The second-order valence-corrected chi connectivity index (χ2v) is 5.78. The monoisotopic (exact) mass is 341 g/mol. The average molecular weight is 342 g/mol. The molecule has 20 heavy (non-hydrogen) atoms. The molecule has 2 aliphatic heterocycles. The third-order valence-electron chi connectivity index (χ3n) is 3.41. The van der Waals surface area contributed by atoms with Crippen molar-refractivity contribution in [1.82, 2.24) is 5.32 Å². The van der Waals surface area contributed by atoms with Gasteiger partial charge in [-0.15, -0.1) is 0 Å². The number of fused-ring (bicyclic) bond motifs is 1. The fourth-order valence-corrected chi connectivity index (χ4v) is 3.01. The lowest BCUT2D eigenvalue weighted by atomic mass is 10.1. The highest BCUT2D eigenvalue weighted by Crippen LogP contribution is 2.39. The van der Waals surface area contributed by atoms with Gasteiger partial charge in [-0.1, -0.05) is 0 Å². The van der Waals surface area contributed by atoms with Crippen molar-refractivity contribution < 1.29 is 19.0 Å². The molecule has 5 nitrogen and oxygen atoms in total. The third kappa shape index (κ3) is 3.07. The van der Waals surface area contributed by atoms with E-state index >= 15 is 0 Å². The summed E-state index contributed by atoms with van der Waals surface area (Å²) in [7, 11) is 0. The van der Waals surface area contributed by atoms with E-state index in [1.165, 1.54) is 0 Å². The number of benzene rings is 1. The first kappa shape index (κ1) is 13.7. The number of nitrogens with one attached hydrogen (secondary N) is 1. The third-order valence-corrected chi connectivity index (χ3v) is 4.00. The molecule has 2 heterocycles. The van der Waals surface area contributed by atoms with E-state index in [4.69, 9.17) is 14.2 Å². The number of ether oxygens (including phenoxy) is 3. The van der Waals surface area contributed by atoms with E-state index < -0.39 is 0 Å². The van der Waals surface area contributed by atoms with Crippen LogP contribution in [0.2, 0.25) is 0 Å². The van der Waals surface area contributed by atoms with Gasteiger partial charge in [-0.2, -0.15) is 0 Å². The Morgan fingerprint density at radius 2 is 2.30 bits per heavy atom. The van der Waals surface area contributed by atoms with Gasteiger partial charge in [-0.05, 0) is 46.5 Å². The van der Waals surface area contributed by atoms with Crippen molar-refractivity contribution in [3.8, 4) is 11.5 Å². The molecule has 3 rings (SSSR count). The van der Waals surface area contributed by atoms with E-state index in [9.17, 15) is 4.79 Å². The summed E-state index contributed by atoms with van der Waals surface area (Å²) in [5.74, 6) is 1.45. The highest BCUT2D eigenvalue weighted by molar-refractivity contribution is 9.10. The van der Waals surface area contributed by atoms with Gasteiger partial charge in [-0.3, -0.25) is 4.79 Å². The molecule has 1 aromatic carbocycles. The molecule has 0 bridgehead atoms. The van der Waals surface area contributed by atoms with Gasteiger partial charge < -0.3 is 19.5 Å². The van der Waals surface area contributed by atoms with Crippen molar-refractivity contribution in [2.24, 2.45) is 0 Å². The van der Waals surface area contributed by atoms with Crippen molar-refractivity contribution in [2.45, 2.75) is 31.9 Å². The van der Waals surface area contributed by atoms with Crippen LogP contribution in [0, 0.1) is 0 Å². The summed E-state index contributed by atoms with van der Waals surface area (Å²) in [6, 6.07) is 3.82. The predicted octanol–water partition coefficient (Wildman–Crippen LogP) is 2.36. The molecule has 2 aliphatic rings. The summed E-state index contributed by atoms with van der Waals surface area (Å²) >= 11 is 3.44. The van der Waals surface area contributed by atoms with Gasteiger partial charge in [0.2, 0.25) is 12.7 Å². The van der Waals surface area contributed by atoms with Crippen LogP contribution in [0.3, 0.4) is 0 Å². The highest BCUT2D eigenvalue weighted by Gasteiger charge is 2.20. The summed E-state index contributed by atoms with van der Waals surface area (Å²) < 4.78 is 17.0. The fourth-order valence-electron chi connectivity index (χ4n) is 2.41. The standard InChI is InChI=1S/C14H16BrNO4/c15-11-4-9(5-12-14(11)20-8-19-12)7-16-13(17)6-10-2-1-3-18-10/h4-5,10H,1-3,6-8H2,(H,16,17)/t10-/m1/s1. The number of hydrogen-bond acceptors (Lipinski definition) is 4. The fraction of sp³-hybridized carbons (Fsp3) is 0.500. The first-order chi connectivity index (χ1) is 9.72. The lowest BCUT2D eigenvalue weighted by molar-refractivity contribution is -0.123. The molecule has 1 amide bonds. The van der Waals surface area contributed by atoms with Crippen molar-refractivity contribution >= 4 is 21.8 Å². The quantitative estimate of drug-likeness (QED) is 0.913. The van der Waals surface area contributed by atoms with Crippen LogP contribution in [0.4, 0.5) is 0 Å². The van der Waals surface area contributed by atoms with E-state index in [0.29, 0.717) is 18.7 Å². The maximum absolute atomic E-state index is 11.8. The van der Waals surface area contributed by atoms with Crippen molar-refractivity contribution in [3.63, 3.8) is 0 Å². The molecule has 1 atom stereocenters. The molecule has 0 saturated carbocycles. The smallest absolute Gasteiger partial charge is 0.231 e. The van der Waals surface area contributed by atoms with Crippen LogP contribution in [0.1, 0.15) is 24.8 Å². The molecule has 1 N–H and O–H groups in total. The van der Waals surface area contributed by atoms with E-state index in [1.54, 1.807) is 0 Å². The Morgan fingerprint density at radius 1 is 1.40 bits per heavy atom. The molecule has 1 saturated heterocycles. The molecule has 1 fully saturated rings. The minimum atomic E-state index is 0.0192. The highest BCUT2D eigenvalue weighted by atomic mass is 79.9. The Bertz CT molecular complexity index is 514. The second-order valence-electron chi connectivity index (χ2n) is 4.93. The average Bonchev–Trinajstić information content (AvgIpc) is 3.07. The number of carbonyl (C=O) groups is 1. The van der Waals surface area contributed by atoms with Crippen molar-refractivity contribution in [2.75, 3.05) is 13.4 Å².